The van der Waals surface area contributed by atoms with Gasteiger partial charge < -0.3 is 5.32 Å². The Balaban J connectivity index is 2.04. The van der Waals surface area contributed by atoms with E-state index in [9.17, 15) is 0 Å². The van der Waals surface area contributed by atoms with E-state index >= 15 is 0 Å². The molecule has 2 rings (SSSR count). The van der Waals surface area contributed by atoms with Crippen molar-refractivity contribution in [3.05, 3.63) is 16.6 Å². The number of hydrogen-bond donors (Lipinski definition) is 1. The molecule has 1 heterocycles. The molecule has 1 fully saturated rings. The van der Waals surface area contributed by atoms with Crippen LogP contribution in [0.5, 0.6) is 0 Å². The quantitative estimate of drug-likeness (QED) is 0.796. The smallest absolute Gasteiger partial charge is 0.0794 e. The van der Waals surface area contributed by atoms with Gasteiger partial charge in [0, 0.05) is 17.1 Å². The second-order valence-electron chi connectivity index (χ2n) is 4.42. The summed E-state index contributed by atoms with van der Waals surface area (Å²) < 4.78 is 0. The molecule has 0 saturated heterocycles. The standard InChI is InChI=1S/C12H20N2S/c1-13-12(11-8-14-9-15-11)10-6-4-2-3-5-7-10/h8-10,12-13H,2-7H2,1H3. The van der Waals surface area contributed by atoms with Crippen molar-refractivity contribution in [2.24, 2.45) is 5.92 Å². The highest BCUT2D eigenvalue weighted by Crippen LogP contribution is 2.34. The number of nitrogens with one attached hydrogen (secondary N) is 1. The summed E-state index contributed by atoms with van der Waals surface area (Å²) in [4.78, 5) is 5.59. The second kappa shape index (κ2) is 5.61. The normalized spacial score (nSPS) is 21.1. The van der Waals surface area contributed by atoms with E-state index in [1.54, 1.807) is 11.3 Å². The zero-order valence-electron chi connectivity index (χ0n) is 9.41. The van der Waals surface area contributed by atoms with Crippen LogP contribution in [0.1, 0.15) is 49.4 Å². The van der Waals surface area contributed by atoms with E-state index in [0.29, 0.717) is 6.04 Å². The monoisotopic (exact) mass is 224 g/mol. The SMILES string of the molecule is CNC(c1cncs1)C1CCCCCC1. The summed E-state index contributed by atoms with van der Waals surface area (Å²) in [6, 6.07) is 0.538. The molecule has 1 unspecified atom stereocenters. The largest absolute Gasteiger partial charge is 0.312 e. The number of hydrogen-bond acceptors (Lipinski definition) is 3. The fourth-order valence-corrected chi connectivity index (χ4v) is 3.46. The van der Waals surface area contributed by atoms with Crippen molar-refractivity contribution in [2.45, 2.75) is 44.6 Å². The van der Waals surface area contributed by atoms with Crippen LogP contribution in [0.25, 0.3) is 0 Å². The second-order valence-corrected chi connectivity index (χ2v) is 5.34. The summed E-state index contributed by atoms with van der Waals surface area (Å²) in [5, 5.41) is 3.47. The molecule has 1 aliphatic rings. The van der Waals surface area contributed by atoms with Crippen LogP contribution in [0.3, 0.4) is 0 Å². The van der Waals surface area contributed by atoms with Crippen molar-refractivity contribution in [1.82, 2.24) is 10.3 Å². The molecule has 1 saturated carbocycles. The van der Waals surface area contributed by atoms with Gasteiger partial charge in [-0.3, -0.25) is 4.98 Å². The van der Waals surface area contributed by atoms with E-state index in [1.807, 2.05) is 11.7 Å². The number of nitrogens with zero attached hydrogens (tertiary/aromatic N) is 1. The maximum Gasteiger partial charge on any atom is 0.0794 e. The Morgan fingerprint density at radius 1 is 1.33 bits per heavy atom. The average Bonchev–Trinajstić information content (AvgIpc) is 2.63. The predicted octanol–water partition coefficient (Wildman–Crippen LogP) is 3.37. The third-order valence-electron chi connectivity index (χ3n) is 3.44. The van der Waals surface area contributed by atoms with Gasteiger partial charge in [0.25, 0.3) is 0 Å². The molecule has 1 aromatic rings. The van der Waals surface area contributed by atoms with Gasteiger partial charge in [-0.15, -0.1) is 11.3 Å². The summed E-state index contributed by atoms with van der Waals surface area (Å²) in [7, 11) is 2.08. The number of thiazole rings is 1. The molecule has 1 aliphatic carbocycles. The summed E-state index contributed by atoms with van der Waals surface area (Å²) in [6.07, 6.45) is 10.4. The molecule has 15 heavy (non-hydrogen) atoms. The minimum Gasteiger partial charge on any atom is -0.312 e. The van der Waals surface area contributed by atoms with E-state index in [1.165, 1.54) is 43.4 Å². The van der Waals surface area contributed by atoms with Crippen LogP contribution in [0, 0.1) is 5.92 Å². The molecule has 3 heteroatoms. The first kappa shape index (κ1) is 11.1. The van der Waals surface area contributed by atoms with Gasteiger partial charge in [-0.2, -0.15) is 0 Å². The van der Waals surface area contributed by atoms with Crippen LogP contribution in [0.15, 0.2) is 11.7 Å². The van der Waals surface area contributed by atoms with Gasteiger partial charge >= 0.3 is 0 Å². The summed E-state index contributed by atoms with van der Waals surface area (Å²) in [5.41, 5.74) is 1.94. The first-order valence-electron chi connectivity index (χ1n) is 5.97. The molecular weight excluding hydrogens is 204 g/mol. The lowest BCUT2D eigenvalue weighted by molar-refractivity contribution is 0.345. The highest BCUT2D eigenvalue weighted by atomic mass is 32.1. The van der Waals surface area contributed by atoms with Crippen molar-refractivity contribution in [3.8, 4) is 0 Å². The van der Waals surface area contributed by atoms with Gasteiger partial charge in [0.05, 0.1) is 5.51 Å². The first-order chi connectivity index (χ1) is 7.42. The molecule has 2 nitrogen and oxygen atoms in total. The zero-order chi connectivity index (χ0) is 10.5. The Labute approximate surface area is 96.1 Å². The van der Waals surface area contributed by atoms with E-state index in [4.69, 9.17) is 0 Å². The summed E-state index contributed by atoms with van der Waals surface area (Å²) in [5.74, 6) is 0.818. The van der Waals surface area contributed by atoms with Crippen LogP contribution in [-0.2, 0) is 0 Å². The lowest BCUT2D eigenvalue weighted by Crippen LogP contribution is -2.24. The molecule has 0 bridgehead atoms. The molecule has 84 valence electrons. The topological polar surface area (TPSA) is 24.9 Å². The maximum absolute atomic E-state index is 4.19. The lowest BCUT2D eigenvalue weighted by atomic mass is 9.91. The van der Waals surface area contributed by atoms with E-state index in [2.05, 4.69) is 17.3 Å². The van der Waals surface area contributed by atoms with E-state index < -0.39 is 0 Å². The van der Waals surface area contributed by atoms with Crippen molar-refractivity contribution < 1.29 is 0 Å². The van der Waals surface area contributed by atoms with E-state index in [0.717, 1.165) is 5.92 Å². The Morgan fingerprint density at radius 3 is 2.60 bits per heavy atom. The fourth-order valence-electron chi connectivity index (χ4n) is 2.63. The van der Waals surface area contributed by atoms with Gasteiger partial charge in [0.2, 0.25) is 0 Å². The van der Waals surface area contributed by atoms with Crippen LogP contribution < -0.4 is 5.32 Å². The Kier molecular flexibility index (Phi) is 4.15. The summed E-state index contributed by atoms with van der Waals surface area (Å²) in [6.45, 7) is 0. The summed E-state index contributed by atoms with van der Waals surface area (Å²) >= 11 is 1.78. The lowest BCUT2D eigenvalue weighted by Gasteiger charge is -2.24. The van der Waals surface area contributed by atoms with Crippen molar-refractivity contribution >= 4 is 11.3 Å². The number of aromatic nitrogens is 1. The van der Waals surface area contributed by atoms with Crippen LogP contribution >= 0.6 is 11.3 Å². The van der Waals surface area contributed by atoms with Crippen molar-refractivity contribution in [3.63, 3.8) is 0 Å². The van der Waals surface area contributed by atoms with Crippen LogP contribution in [-0.4, -0.2) is 12.0 Å². The van der Waals surface area contributed by atoms with Crippen molar-refractivity contribution in [1.29, 1.82) is 0 Å². The van der Waals surface area contributed by atoms with Gasteiger partial charge in [-0.25, -0.2) is 0 Å². The van der Waals surface area contributed by atoms with E-state index in [-0.39, 0.29) is 0 Å². The molecule has 0 spiro atoms. The Hall–Kier alpha value is -0.410. The van der Waals surface area contributed by atoms with Gasteiger partial charge in [-0.1, -0.05) is 25.7 Å². The molecule has 0 aliphatic heterocycles. The minimum absolute atomic E-state index is 0.538. The van der Waals surface area contributed by atoms with Crippen molar-refractivity contribution in [2.75, 3.05) is 7.05 Å². The van der Waals surface area contributed by atoms with Gasteiger partial charge in [-0.05, 0) is 25.8 Å². The third kappa shape index (κ3) is 2.79. The molecule has 1 N–H and O–H groups in total. The molecule has 1 atom stereocenters. The molecular formula is C12H20N2S. The Bertz CT molecular complexity index is 263. The first-order valence-corrected chi connectivity index (χ1v) is 6.85. The highest BCUT2D eigenvalue weighted by Gasteiger charge is 2.23. The number of rotatable bonds is 3. The third-order valence-corrected chi connectivity index (χ3v) is 4.30. The molecule has 0 amide bonds. The van der Waals surface area contributed by atoms with Gasteiger partial charge in [0.1, 0.15) is 0 Å². The molecule has 1 aromatic heterocycles. The van der Waals surface area contributed by atoms with Crippen LogP contribution in [0.4, 0.5) is 0 Å². The predicted molar refractivity (Wildman–Crippen MR) is 65.1 cm³/mol. The molecule has 0 radical (unpaired) electrons. The maximum atomic E-state index is 4.19. The molecule has 0 aromatic carbocycles. The zero-order valence-corrected chi connectivity index (χ0v) is 10.2. The van der Waals surface area contributed by atoms with Crippen LogP contribution in [0.2, 0.25) is 0 Å². The highest BCUT2D eigenvalue weighted by molar-refractivity contribution is 7.09. The minimum atomic E-state index is 0.538. The van der Waals surface area contributed by atoms with Gasteiger partial charge in [0.15, 0.2) is 0 Å². The fraction of sp³-hybridized carbons (Fsp3) is 0.750. The average molecular weight is 224 g/mol. The Morgan fingerprint density at radius 2 is 2.07 bits per heavy atom.